The molecule has 3 rings (SSSR count). The first kappa shape index (κ1) is 14.9. The van der Waals surface area contributed by atoms with Crippen molar-refractivity contribution in [1.29, 1.82) is 0 Å². The molecule has 0 aliphatic carbocycles. The van der Waals surface area contributed by atoms with Gasteiger partial charge in [0, 0.05) is 38.3 Å². The number of hydrogen-bond donors (Lipinski definition) is 1. The molecule has 2 atom stereocenters. The van der Waals surface area contributed by atoms with Crippen molar-refractivity contribution in [2.24, 2.45) is 0 Å². The van der Waals surface area contributed by atoms with Gasteiger partial charge in [0.15, 0.2) is 0 Å². The quantitative estimate of drug-likeness (QED) is 0.898. The van der Waals surface area contributed by atoms with Crippen LogP contribution in [-0.4, -0.2) is 55.6 Å². The molecule has 3 nitrogen and oxygen atoms in total. The molecule has 2 aliphatic rings. The maximum absolute atomic E-state index is 13.4. The third-order valence-electron chi connectivity index (χ3n) is 5.00. The van der Waals surface area contributed by atoms with E-state index in [9.17, 15) is 4.39 Å². The number of nitrogens with one attached hydrogen (secondary N) is 1. The van der Waals surface area contributed by atoms with Gasteiger partial charge in [-0.15, -0.1) is 0 Å². The maximum atomic E-state index is 13.4. The molecule has 0 spiro atoms. The van der Waals surface area contributed by atoms with E-state index in [1.165, 1.54) is 45.1 Å². The molecule has 0 radical (unpaired) electrons. The lowest BCUT2D eigenvalue weighted by Gasteiger charge is -2.38. The molecule has 2 fully saturated rings. The topological polar surface area (TPSA) is 18.5 Å². The van der Waals surface area contributed by atoms with Gasteiger partial charge in [0.2, 0.25) is 0 Å². The van der Waals surface area contributed by atoms with Gasteiger partial charge in [-0.1, -0.05) is 12.1 Å². The van der Waals surface area contributed by atoms with Crippen LogP contribution >= 0.6 is 0 Å². The Balaban J connectivity index is 1.53. The van der Waals surface area contributed by atoms with E-state index in [0.717, 1.165) is 24.6 Å². The highest BCUT2D eigenvalue weighted by atomic mass is 19.1. The predicted octanol–water partition coefficient (Wildman–Crippen LogP) is 2.26. The lowest BCUT2D eigenvalue weighted by molar-refractivity contribution is 0.101. The summed E-state index contributed by atoms with van der Waals surface area (Å²) in [6, 6.07) is 7.99. The molecule has 21 heavy (non-hydrogen) atoms. The standard InChI is InChI=1S/C17H26FN3/c1-19-17(14-4-2-5-15(18)12-14)7-9-20-10-11-21-8-3-6-16(21)13-20/h2,4-5,12,16-17,19H,3,6-11,13H2,1H3. The van der Waals surface area contributed by atoms with Crippen molar-refractivity contribution in [3.05, 3.63) is 35.6 Å². The van der Waals surface area contributed by atoms with Crippen LogP contribution in [0.5, 0.6) is 0 Å². The van der Waals surface area contributed by atoms with Crippen LogP contribution in [0.1, 0.15) is 30.9 Å². The first-order valence-electron chi connectivity index (χ1n) is 8.15. The maximum Gasteiger partial charge on any atom is 0.123 e. The molecular formula is C17H26FN3. The molecular weight excluding hydrogens is 265 g/mol. The molecule has 1 N–H and O–H groups in total. The van der Waals surface area contributed by atoms with Crippen molar-refractivity contribution in [1.82, 2.24) is 15.1 Å². The highest BCUT2D eigenvalue weighted by Gasteiger charge is 2.30. The van der Waals surface area contributed by atoms with Crippen LogP contribution < -0.4 is 5.32 Å². The molecule has 0 saturated carbocycles. The molecule has 116 valence electrons. The Morgan fingerprint density at radius 2 is 2.24 bits per heavy atom. The van der Waals surface area contributed by atoms with Gasteiger partial charge in [0.1, 0.15) is 5.82 Å². The van der Waals surface area contributed by atoms with E-state index in [4.69, 9.17) is 0 Å². The minimum atomic E-state index is -0.146. The Labute approximate surface area is 127 Å². The SMILES string of the molecule is CNC(CCN1CCN2CCCC2C1)c1cccc(F)c1. The van der Waals surface area contributed by atoms with Gasteiger partial charge in [-0.2, -0.15) is 0 Å². The van der Waals surface area contributed by atoms with E-state index in [-0.39, 0.29) is 11.9 Å². The van der Waals surface area contributed by atoms with E-state index >= 15 is 0 Å². The van der Waals surface area contributed by atoms with Gasteiger partial charge in [-0.05, 0) is 50.6 Å². The largest absolute Gasteiger partial charge is 0.313 e. The van der Waals surface area contributed by atoms with Crippen LogP contribution in [0.2, 0.25) is 0 Å². The number of halogens is 1. The van der Waals surface area contributed by atoms with Crippen molar-refractivity contribution in [2.75, 3.05) is 39.8 Å². The first-order chi connectivity index (χ1) is 10.3. The minimum absolute atomic E-state index is 0.146. The van der Waals surface area contributed by atoms with Crippen molar-refractivity contribution in [2.45, 2.75) is 31.3 Å². The van der Waals surface area contributed by atoms with Crippen LogP contribution in [0.3, 0.4) is 0 Å². The summed E-state index contributed by atoms with van der Waals surface area (Å²) < 4.78 is 13.4. The Morgan fingerprint density at radius 1 is 1.33 bits per heavy atom. The molecule has 1 aromatic carbocycles. The Bertz CT molecular complexity index is 465. The zero-order valence-corrected chi connectivity index (χ0v) is 12.9. The van der Waals surface area contributed by atoms with Gasteiger partial charge >= 0.3 is 0 Å². The second-order valence-corrected chi connectivity index (χ2v) is 6.32. The molecule has 0 bridgehead atoms. The highest BCUT2D eigenvalue weighted by molar-refractivity contribution is 5.20. The van der Waals surface area contributed by atoms with Gasteiger partial charge in [0.05, 0.1) is 0 Å². The predicted molar refractivity (Wildman–Crippen MR) is 83.9 cm³/mol. The van der Waals surface area contributed by atoms with E-state index in [1.54, 1.807) is 12.1 Å². The Hall–Kier alpha value is -0.970. The molecule has 2 saturated heterocycles. The third-order valence-corrected chi connectivity index (χ3v) is 5.00. The fourth-order valence-corrected chi connectivity index (χ4v) is 3.77. The summed E-state index contributed by atoms with van der Waals surface area (Å²) in [5, 5.41) is 3.33. The first-order valence-corrected chi connectivity index (χ1v) is 8.15. The second kappa shape index (κ2) is 6.86. The average molecular weight is 291 g/mol. The van der Waals surface area contributed by atoms with E-state index in [0.29, 0.717) is 0 Å². The second-order valence-electron chi connectivity index (χ2n) is 6.32. The number of rotatable bonds is 5. The van der Waals surface area contributed by atoms with E-state index < -0.39 is 0 Å². The summed E-state index contributed by atoms with van der Waals surface area (Å²) in [4.78, 5) is 5.22. The normalized spacial score (nSPS) is 25.0. The van der Waals surface area contributed by atoms with Gasteiger partial charge in [-0.25, -0.2) is 4.39 Å². The van der Waals surface area contributed by atoms with Crippen LogP contribution in [0, 0.1) is 5.82 Å². The molecule has 0 amide bonds. The zero-order chi connectivity index (χ0) is 14.7. The molecule has 0 aromatic heterocycles. The average Bonchev–Trinajstić information content (AvgIpc) is 2.95. The van der Waals surface area contributed by atoms with Crippen molar-refractivity contribution < 1.29 is 4.39 Å². The number of nitrogens with zero attached hydrogens (tertiary/aromatic N) is 2. The molecule has 4 heteroatoms. The summed E-state index contributed by atoms with van der Waals surface area (Å²) in [5.41, 5.74) is 1.05. The molecule has 2 unspecified atom stereocenters. The van der Waals surface area contributed by atoms with Crippen LogP contribution in [0.25, 0.3) is 0 Å². The summed E-state index contributed by atoms with van der Waals surface area (Å²) in [6.45, 7) is 5.98. The number of fused-ring (bicyclic) bond motifs is 1. The van der Waals surface area contributed by atoms with E-state index in [1.807, 2.05) is 13.1 Å². The summed E-state index contributed by atoms with van der Waals surface area (Å²) >= 11 is 0. The molecule has 2 aliphatic heterocycles. The summed E-state index contributed by atoms with van der Waals surface area (Å²) in [6.07, 6.45) is 3.75. The zero-order valence-electron chi connectivity index (χ0n) is 12.9. The monoisotopic (exact) mass is 291 g/mol. The number of benzene rings is 1. The smallest absolute Gasteiger partial charge is 0.123 e. The lowest BCUT2D eigenvalue weighted by Crippen LogP contribution is -2.50. The molecule has 1 aromatic rings. The summed E-state index contributed by atoms with van der Waals surface area (Å²) in [7, 11) is 1.96. The third kappa shape index (κ3) is 3.62. The van der Waals surface area contributed by atoms with Crippen molar-refractivity contribution in [3.8, 4) is 0 Å². The summed E-state index contributed by atoms with van der Waals surface area (Å²) in [5.74, 6) is -0.146. The Kier molecular flexibility index (Phi) is 4.88. The van der Waals surface area contributed by atoms with Gasteiger partial charge in [0.25, 0.3) is 0 Å². The van der Waals surface area contributed by atoms with Crippen molar-refractivity contribution >= 4 is 0 Å². The Morgan fingerprint density at radius 3 is 3.05 bits per heavy atom. The van der Waals surface area contributed by atoms with Gasteiger partial charge < -0.3 is 10.2 Å². The molecule has 2 heterocycles. The van der Waals surface area contributed by atoms with Gasteiger partial charge in [-0.3, -0.25) is 4.90 Å². The fourth-order valence-electron chi connectivity index (χ4n) is 3.77. The fraction of sp³-hybridized carbons (Fsp3) is 0.647. The van der Waals surface area contributed by atoms with Crippen LogP contribution in [0.15, 0.2) is 24.3 Å². The highest BCUT2D eigenvalue weighted by Crippen LogP contribution is 2.23. The van der Waals surface area contributed by atoms with Crippen molar-refractivity contribution in [3.63, 3.8) is 0 Å². The van der Waals surface area contributed by atoms with Crippen LogP contribution in [-0.2, 0) is 0 Å². The van der Waals surface area contributed by atoms with E-state index in [2.05, 4.69) is 15.1 Å². The van der Waals surface area contributed by atoms with Crippen LogP contribution in [0.4, 0.5) is 4.39 Å². The number of piperazine rings is 1. The lowest BCUT2D eigenvalue weighted by atomic mass is 10.0. The number of hydrogen-bond acceptors (Lipinski definition) is 3. The minimum Gasteiger partial charge on any atom is -0.313 e.